The van der Waals surface area contributed by atoms with E-state index in [1.54, 1.807) is 18.2 Å². The molecule has 0 saturated heterocycles. The molecule has 0 aliphatic heterocycles. The van der Waals surface area contributed by atoms with Gasteiger partial charge >= 0.3 is 0 Å². The minimum Gasteiger partial charge on any atom is -0.349 e. The fraction of sp³-hybridized carbons (Fsp3) is 0.417. The Bertz CT molecular complexity index is 1260. The van der Waals surface area contributed by atoms with Gasteiger partial charge in [0.05, 0.1) is 6.04 Å². The molecule has 0 bridgehead atoms. The molecule has 176 valence electrons. The zero-order valence-electron chi connectivity index (χ0n) is 19.0. The van der Waals surface area contributed by atoms with Crippen molar-refractivity contribution in [2.24, 2.45) is 13.0 Å². The lowest BCUT2D eigenvalue weighted by molar-refractivity contribution is -0.126. The van der Waals surface area contributed by atoms with Crippen LogP contribution < -0.4 is 10.0 Å². The Labute approximate surface area is 193 Å². The van der Waals surface area contributed by atoms with E-state index in [1.165, 1.54) is 18.3 Å². The van der Waals surface area contributed by atoms with Gasteiger partial charge in [-0.1, -0.05) is 12.1 Å². The summed E-state index contributed by atoms with van der Waals surface area (Å²) in [5, 5.41) is 3.80. The molecule has 3 aromatic rings. The molecule has 1 aromatic carbocycles. The molecule has 2 N–H and O–H groups in total. The van der Waals surface area contributed by atoms with Crippen molar-refractivity contribution in [2.75, 3.05) is 0 Å². The van der Waals surface area contributed by atoms with Gasteiger partial charge in [-0.15, -0.1) is 0 Å². The van der Waals surface area contributed by atoms with Crippen molar-refractivity contribution in [3.05, 3.63) is 59.7 Å². The van der Waals surface area contributed by atoms with Gasteiger partial charge < -0.3 is 9.88 Å². The molecule has 2 aromatic heterocycles. The fourth-order valence-corrected chi connectivity index (χ4v) is 5.78. The monoisotopic (exact) mass is 472 g/mol. The Morgan fingerprint density at radius 1 is 1.18 bits per heavy atom. The number of carbonyl (C=O) groups is 1. The lowest BCUT2D eigenvalue weighted by atomic mass is 9.85. The summed E-state index contributed by atoms with van der Waals surface area (Å²) in [6, 6.07) is 7.29. The molecular weight excluding hydrogens is 443 g/mol. The van der Waals surface area contributed by atoms with Gasteiger partial charge in [0.25, 0.3) is 0 Å². The second kappa shape index (κ2) is 9.23. The van der Waals surface area contributed by atoms with Crippen LogP contribution in [-0.4, -0.2) is 29.9 Å². The number of hydrogen-bond donors (Lipinski definition) is 2. The largest absolute Gasteiger partial charge is 0.349 e. The van der Waals surface area contributed by atoms with E-state index in [0.717, 1.165) is 22.2 Å². The van der Waals surface area contributed by atoms with Crippen molar-refractivity contribution in [2.45, 2.75) is 56.5 Å². The van der Waals surface area contributed by atoms with Crippen LogP contribution in [0, 0.1) is 18.7 Å². The van der Waals surface area contributed by atoms with Crippen molar-refractivity contribution in [3.8, 4) is 0 Å². The summed E-state index contributed by atoms with van der Waals surface area (Å²) in [4.78, 5) is 17.2. The zero-order chi connectivity index (χ0) is 23.8. The maximum Gasteiger partial charge on any atom is 0.242 e. The van der Waals surface area contributed by atoms with Crippen LogP contribution >= 0.6 is 0 Å². The van der Waals surface area contributed by atoms with Crippen molar-refractivity contribution in [1.29, 1.82) is 0 Å². The van der Waals surface area contributed by atoms with Crippen molar-refractivity contribution in [1.82, 2.24) is 19.6 Å². The first-order chi connectivity index (χ1) is 15.6. The fourth-order valence-electron chi connectivity index (χ4n) is 4.50. The molecule has 1 amide bonds. The smallest absolute Gasteiger partial charge is 0.242 e. The van der Waals surface area contributed by atoms with Gasteiger partial charge in [0.1, 0.15) is 16.4 Å². The van der Waals surface area contributed by atoms with Crippen LogP contribution in [0.25, 0.3) is 11.0 Å². The number of rotatable bonds is 6. The summed E-state index contributed by atoms with van der Waals surface area (Å²) in [5.74, 6) is -0.534. The number of amides is 1. The predicted molar refractivity (Wildman–Crippen MR) is 124 cm³/mol. The third-order valence-electron chi connectivity index (χ3n) is 6.45. The molecule has 2 heterocycles. The molecule has 9 heteroatoms. The van der Waals surface area contributed by atoms with Gasteiger partial charge in [-0.05, 0) is 68.9 Å². The van der Waals surface area contributed by atoms with Crippen LogP contribution in [0.1, 0.15) is 49.8 Å². The third-order valence-corrected chi connectivity index (χ3v) is 7.93. The molecule has 1 aliphatic rings. The SMILES string of the molecule is Cc1cn(C)c2ncc(S(=O)(=O)NC3CCC(C(=O)N[C@H](C)c4ccc(F)cc4)CC3)cc12. The Balaban J connectivity index is 1.34. The lowest BCUT2D eigenvalue weighted by Gasteiger charge is -2.29. The van der Waals surface area contributed by atoms with Crippen LogP contribution in [0.15, 0.2) is 47.6 Å². The topological polar surface area (TPSA) is 93.1 Å². The number of carbonyl (C=O) groups excluding carboxylic acids is 1. The van der Waals surface area contributed by atoms with E-state index in [-0.39, 0.29) is 34.6 Å². The number of sulfonamides is 1. The number of hydrogen-bond acceptors (Lipinski definition) is 4. The van der Waals surface area contributed by atoms with E-state index in [4.69, 9.17) is 0 Å². The molecule has 0 spiro atoms. The quantitative estimate of drug-likeness (QED) is 0.572. The lowest BCUT2D eigenvalue weighted by Crippen LogP contribution is -2.41. The van der Waals surface area contributed by atoms with Gasteiger partial charge in [-0.2, -0.15) is 0 Å². The molecule has 33 heavy (non-hydrogen) atoms. The third kappa shape index (κ3) is 5.09. The Hall–Kier alpha value is -2.78. The van der Waals surface area contributed by atoms with Crippen LogP contribution in [0.3, 0.4) is 0 Å². The number of nitrogens with one attached hydrogen (secondary N) is 2. The number of aryl methyl sites for hydroxylation is 2. The average Bonchev–Trinajstić information content (AvgIpc) is 3.07. The second-order valence-electron chi connectivity index (χ2n) is 8.92. The number of fused-ring (bicyclic) bond motifs is 1. The first-order valence-corrected chi connectivity index (χ1v) is 12.6. The van der Waals surface area contributed by atoms with Crippen molar-refractivity contribution < 1.29 is 17.6 Å². The minimum atomic E-state index is -3.71. The second-order valence-corrected chi connectivity index (χ2v) is 10.6. The van der Waals surface area contributed by atoms with Crippen LogP contribution in [0.2, 0.25) is 0 Å². The highest BCUT2D eigenvalue weighted by atomic mass is 32.2. The van der Waals surface area contributed by atoms with Gasteiger partial charge in [0.2, 0.25) is 15.9 Å². The summed E-state index contributed by atoms with van der Waals surface area (Å²) in [5.41, 5.74) is 2.55. The summed E-state index contributed by atoms with van der Waals surface area (Å²) in [7, 11) is -1.83. The first kappa shape index (κ1) is 23.4. The Morgan fingerprint density at radius 3 is 2.52 bits per heavy atom. The number of nitrogens with zero attached hydrogens (tertiary/aromatic N) is 2. The molecule has 7 nitrogen and oxygen atoms in total. The molecule has 0 radical (unpaired) electrons. The van der Waals surface area contributed by atoms with Gasteiger partial charge in [0.15, 0.2) is 0 Å². The average molecular weight is 473 g/mol. The standard InChI is InChI=1S/C24H29FN4O3S/c1-15-14-29(3)23-22(15)12-21(13-26-23)33(31,32)28-20-10-6-18(7-11-20)24(30)27-16(2)17-4-8-19(25)9-5-17/h4-5,8-9,12-14,16,18,20,28H,6-7,10-11H2,1-3H3,(H,27,30)/t16-,18?,20?/m1/s1. The van der Waals surface area contributed by atoms with Gasteiger partial charge in [-0.25, -0.2) is 22.5 Å². The molecule has 1 saturated carbocycles. The van der Waals surface area contributed by atoms with Gasteiger partial charge in [0, 0.05) is 36.8 Å². The van der Waals surface area contributed by atoms with Crippen LogP contribution in [0.5, 0.6) is 0 Å². The summed E-state index contributed by atoms with van der Waals surface area (Å²) in [6.45, 7) is 3.79. The summed E-state index contributed by atoms with van der Waals surface area (Å²) in [6.07, 6.45) is 5.68. The number of pyridine rings is 1. The number of benzene rings is 1. The van der Waals surface area contributed by atoms with Crippen molar-refractivity contribution >= 4 is 27.0 Å². The first-order valence-electron chi connectivity index (χ1n) is 11.1. The number of aromatic nitrogens is 2. The highest BCUT2D eigenvalue weighted by Crippen LogP contribution is 2.27. The van der Waals surface area contributed by atoms with E-state index in [2.05, 4.69) is 15.0 Å². The highest BCUT2D eigenvalue weighted by Gasteiger charge is 2.30. The summed E-state index contributed by atoms with van der Waals surface area (Å²) < 4.78 is 43.7. The minimum absolute atomic E-state index is 0.0534. The van der Waals surface area contributed by atoms with E-state index in [1.807, 2.05) is 31.7 Å². The maximum atomic E-state index is 13.1. The predicted octanol–water partition coefficient (Wildman–Crippen LogP) is 3.74. The van der Waals surface area contributed by atoms with E-state index in [9.17, 15) is 17.6 Å². The van der Waals surface area contributed by atoms with Gasteiger partial charge in [-0.3, -0.25) is 4.79 Å². The van der Waals surface area contributed by atoms with Crippen molar-refractivity contribution in [3.63, 3.8) is 0 Å². The normalized spacial score (nSPS) is 20.0. The Kier molecular flexibility index (Phi) is 6.54. The maximum absolute atomic E-state index is 13.1. The molecular formula is C24H29FN4O3S. The Morgan fingerprint density at radius 2 is 1.85 bits per heavy atom. The van der Waals surface area contributed by atoms with Crippen LogP contribution in [-0.2, 0) is 21.9 Å². The molecule has 1 fully saturated rings. The van der Waals surface area contributed by atoms with E-state index >= 15 is 0 Å². The van der Waals surface area contributed by atoms with E-state index in [0.29, 0.717) is 25.7 Å². The van der Waals surface area contributed by atoms with E-state index < -0.39 is 10.0 Å². The molecule has 4 rings (SSSR count). The highest BCUT2D eigenvalue weighted by molar-refractivity contribution is 7.89. The molecule has 1 aliphatic carbocycles. The number of halogens is 1. The molecule has 1 atom stereocenters. The van der Waals surface area contributed by atoms with Crippen LogP contribution in [0.4, 0.5) is 4.39 Å². The summed E-state index contributed by atoms with van der Waals surface area (Å²) >= 11 is 0. The molecule has 0 unspecified atom stereocenters. The zero-order valence-corrected chi connectivity index (χ0v) is 19.8.